The quantitative estimate of drug-likeness (QED) is 0.494. The fourth-order valence-electron chi connectivity index (χ4n) is 3.95. The van der Waals surface area contributed by atoms with Crippen LogP contribution < -0.4 is 10.1 Å². The lowest BCUT2D eigenvalue weighted by Crippen LogP contribution is -2.17. The molecule has 0 spiro atoms. The molecule has 1 saturated heterocycles. The van der Waals surface area contributed by atoms with Gasteiger partial charge in [-0.1, -0.05) is 6.07 Å². The topological polar surface area (TPSA) is 106 Å². The van der Waals surface area contributed by atoms with E-state index in [0.29, 0.717) is 37.2 Å². The molecule has 0 atom stereocenters. The summed E-state index contributed by atoms with van der Waals surface area (Å²) >= 11 is 0. The zero-order chi connectivity index (χ0) is 25.7. The average Bonchev–Trinajstić information content (AvgIpc) is 2.88. The number of halogens is 3. The lowest BCUT2D eigenvalue weighted by Gasteiger charge is -2.23. The first-order valence-electron chi connectivity index (χ1n) is 11.4. The van der Waals surface area contributed by atoms with Gasteiger partial charge in [-0.15, -0.1) is 0 Å². The molecule has 1 amide bonds. The number of rotatable bonds is 7. The fraction of sp³-hybridized carbons (Fsp3) is 0.360. The lowest BCUT2D eigenvalue weighted by molar-refractivity contribution is -0.141. The van der Waals surface area contributed by atoms with Crippen LogP contribution in [-0.2, 0) is 10.9 Å². The van der Waals surface area contributed by atoms with Gasteiger partial charge in [-0.05, 0) is 54.7 Å². The van der Waals surface area contributed by atoms with Gasteiger partial charge in [0.05, 0.1) is 6.61 Å². The van der Waals surface area contributed by atoms with Crippen LogP contribution in [0.15, 0.2) is 42.7 Å². The summed E-state index contributed by atoms with van der Waals surface area (Å²) in [5.74, 6) is -0.223. The molecule has 0 bridgehead atoms. The maximum absolute atomic E-state index is 13.0. The predicted octanol–water partition coefficient (Wildman–Crippen LogP) is 4.38. The van der Waals surface area contributed by atoms with E-state index in [-0.39, 0.29) is 19.1 Å². The Bertz CT molecular complexity index is 1230. The summed E-state index contributed by atoms with van der Waals surface area (Å²) in [5, 5.41) is 11.8. The number of nitrogens with one attached hydrogen (secondary N) is 1. The van der Waals surface area contributed by atoms with Crippen LogP contribution >= 0.6 is 0 Å². The second kappa shape index (κ2) is 11.0. The number of hydrogen-bond donors (Lipinski definition) is 2. The summed E-state index contributed by atoms with van der Waals surface area (Å²) in [7, 11) is 0. The van der Waals surface area contributed by atoms with Crippen LogP contribution in [0, 0.1) is 6.92 Å². The molecular weight excluding hydrogens is 477 g/mol. The van der Waals surface area contributed by atoms with Gasteiger partial charge in [0.2, 0.25) is 5.88 Å². The van der Waals surface area contributed by atoms with Crippen molar-refractivity contribution in [3.8, 4) is 17.0 Å². The molecule has 0 unspecified atom stereocenters. The summed E-state index contributed by atoms with van der Waals surface area (Å²) in [6.07, 6.45) is -2.33. The predicted molar refractivity (Wildman–Crippen MR) is 125 cm³/mol. The molecule has 8 nitrogen and oxygen atoms in total. The third-order valence-corrected chi connectivity index (χ3v) is 5.80. The van der Waals surface area contributed by atoms with Crippen molar-refractivity contribution in [2.75, 3.05) is 31.7 Å². The third-order valence-electron chi connectivity index (χ3n) is 5.80. The van der Waals surface area contributed by atoms with Gasteiger partial charge in [0, 0.05) is 42.6 Å². The standard InChI is InChI=1S/C25H25F3N4O4/c1-15-2-3-18(31-24(34)21-13-22(25(26,27)28)30-14-29-21)12-19(15)17-10-20(16-4-7-35-8-5-16)32-23(11-17)36-9-6-33/h2-3,10-14,16,33H,4-9H2,1H3,(H,31,34). The number of hydrogen-bond acceptors (Lipinski definition) is 7. The maximum atomic E-state index is 13.0. The molecule has 11 heteroatoms. The molecule has 1 fully saturated rings. The summed E-state index contributed by atoms with van der Waals surface area (Å²) in [5.41, 5.74) is 2.13. The molecule has 190 valence electrons. The fourth-order valence-corrected chi connectivity index (χ4v) is 3.95. The Hall–Kier alpha value is -3.57. The highest BCUT2D eigenvalue weighted by Crippen LogP contribution is 2.34. The highest BCUT2D eigenvalue weighted by atomic mass is 19.4. The van der Waals surface area contributed by atoms with Crippen LogP contribution in [0.3, 0.4) is 0 Å². The minimum atomic E-state index is -4.69. The van der Waals surface area contributed by atoms with E-state index in [2.05, 4.69) is 20.3 Å². The van der Waals surface area contributed by atoms with Gasteiger partial charge < -0.3 is 19.9 Å². The second-order valence-corrected chi connectivity index (χ2v) is 8.35. The molecule has 3 aromatic rings. The van der Waals surface area contributed by atoms with Gasteiger partial charge >= 0.3 is 6.18 Å². The molecule has 2 aromatic heterocycles. The number of aromatic nitrogens is 3. The number of nitrogens with zero attached hydrogens (tertiary/aromatic N) is 3. The average molecular weight is 502 g/mol. The number of aliphatic hydroxyl groups is 1. The molecule has 1 aliphatic rings. The summed E-state index contributed by atoms with van der Waals surface area (Å²) in [6.45, 7) is 3.13. The van der Waals surface area contributed by atoms with Crippen molar-refractivity contribution in [2.45, 2.75) is 31.9 Å². The number of anilines is 1. The Morgan fingerprint density at radius 3 is 2.67 bits per heavy atom. The van der Waals surface area contributed by atoms with Crippen LogP contribution in [0.4, 0.5) is 18.9 Å². The van der Waals surface area contributed by atoms with Crippen LogP contribution in [-0.4, -0.2) is 52.4 Å². The summed E-state index contributed by atoms with van der Waals surface area (Å²) < 4.78 is 50.0. The Balaban J connectivity index is 1.64. The molecule has 4 rings (SSSR count). The highest BCUT2D eigenvalue weighted by molar-refractivity contribution is 6.03. The normalized spacial score (nSPS) is 14.5. The zero-order valence-electron chi connectivity index (χ0n) is 19.5. The Labute approximate surface area is 205 Å². The van der Waals surface area contributed by atoms with Crippen molar-refractivity contribution in [3.63, 3.8) is 0 Å². The van der Waals surface area contributed by atoms with Crippen LogP contribution in [0.2, 0.25) is 0 Å². The first-order valence-corrected chi connectivity index (χ1v) is 11.4. The largest absolute Gasteiger partial charge is 0.475 e. The van der Waals surface area contributed by atoms with E-state index in [1.807, 2.05) is 13.0 Å². The minimum absolute atomic E-state index is 0.0948. The van der Waals surface area contributed by atoms with Crippen molar-refractivity contribution in [1.29, 1.82) is 0 Å². The van der Waals surface area contributed by atoms with E-state index in [0.717, 1.165) is 35.2 Å². The maximum Gasteiger partial charge on any atom is 0.433 e. The van der Waals surface area contributed by atoms with Gasteiger partial charge in [-0.25, -0.2) is 15.0 Å². The number of alkyl halides is 3. The highest BCUT2D eigenvalue weighted by Gasteiger charge is 2.33. The number of carbonyl (C=O) groups excluding carboxylic acids is 1. The first-order chi connectivity index (χ1) is 17.2. The Morgan fingerprint density at radius 2 is 1.94 bits per heavy atom. The smallest absolute Gasteiger partial charge is 0.433 e. The summed E-state index contributed by atoms with van der Waals surface area (Å²) in [4.78, 5) is 24.1. The van der Waals surface area contributed by atoms with Crippen LogP contribution in [0.1, 0.15) is 46.2 Å². The molecule has 1 aromatic carbocycles. The van der Waals surface area contributed by atoms with E-state index in [1.165, 1.54) is 0 Å². The van der Waals surface area contributed by atoms with Gasteiger partial charge in [-0.2, -0.15) is 13.2 Å². The molecule has 0 saturated carbocycles. The Morgan fingerprint density at radius 1 is 1.17 bits per heavy atom. The van der Waals surface area contributed by atoms with Crippen LogP contribution in [0.25, 0.3) is 11.1 Å². The molecule has 1 aliphatic heterocycles. The van der Waals surface area contributed by atoms with E-state index >= 15 is 0 Å². The number of amides is 1. The van der Waals surface area contributed by atoms with E-state index in [1.54, 1.807) is 24.3 Å². The number of carbonyl (C=O) groups is 1. The molecule has 2 N–H and O–H groups in total. The van der Waals surface area contributed by atoms with Gasteiger partial charge in [-0.3, -0.25) is 4.79 Å². The third kappa shape index (κ3) is 6.16. The number of benzene rings is 1. The van der Waals surface area contributed by atoms with E-state index in [9.17, 15) is 23.1 Å². The second-order valence-electron chi connectivity index (χ2n) is 8.35. The van der Waals surface area contributed by atoms with Gasteiger partial charge in [0.25, 0.3) is 5.91 Å². The number of pyridine rings is 1. The molecule has 0 radical (unpaired) electrons. The number of aryl methyl sites for hydroxylation is 1. The SMILES string of the molecule is Cc1ccc(NC(=O)c2cc(C(F)(F)F)ncn2)cc1-c1cc(OCCO)nc(C2CCOCC2)c1. The lowest BCUT2D eigenvalue weighted by atomic mass is 9.92. The molecule has 3 heterocycles. The van der Waals surface area contributed by atoms with E-state index < -0.39 is 23.5 Å². The van der Waals surface area contributed by atoms with Crippen molar-refractivity contribution in [1.82, 2.24) is 15.0 Å². The van der Waals surface area contributed by atoms with Crippen molar-refractivity contribution < 1.29 is 32.5 Å². The van der Waals surface area contributed by atoms with E-state index in [4.69, 9.17) is 9.47 Å². The molecule has 0 aliphatic carbocycles. The van der Waals surface area contributed by atoms with Crippen molar-refractivity contribution in [3.05, 3.63) is 65.4 Å². The zero-order valence-corrected chi connectivity index (χ0v) is 19.5. The van der Waals surface area contributed by atoms with Gasteiger partial charge in [0.15, 0.2) is 0 Å². The van der Waals surface area contributed by atoms with Gasteiger partial charge in [0.1, 0.15) is 24.3 Å². The summed E-state index contributed by atoms with van der Waals surface area (Å²) in [6, 6.07) is 9.53. The monoisotopic (exact) mass is 502 g/mol. The van der Waals surface area contributed by atoms with Crippen molar-refractivity contribution >= 4 is 11.6 Å². The number of aliphatic hydroxyl groups excluding tert-OH is 1. The molecule has 36 heavy (non-hydrogen) atoms. The first kappa shape index (κ1) is 25.5. The minimum Gasteiger partial charge on any atom is -0.475 e. The van der Waals surface area contributed by atoms with Crippen LogP contribution in [0.5, 0.6) is 5.88 Å². The number of ether oxygens (including phenoxy) is 2. The Kier molecular flexibility index (Phi) is 7.80. The molecular formula is C25H25F3N4O4. The van der Waals surface area contributed by atoms with Crippen molar-refractivity contribution in [2.24, 2.45) is 0 Å².